The predicted octanol–water partition coefficient (Wildman–Crippen LogP) is 1.72. The topological polar surface area (TPSA) is 85.4 Å². The van der Waals surface area contributed by atoms with Gasteiger partial charge >= 0.3 is 0 Å². The number of hydrogen-bond acceptors (Lipinski definition) is 6. The van der Waals surface area contributed by atoms with Crippen LogP contribution in [0.15, 0.2) is 58.5 Å². The molecule has 0 bridgehead atoms. The first-order valence-corrected chi connectivity index (χ1v) is 9.75. The Labute approximate surface area is 172 Å². The highest BCUT2D eigenvalue weighted by Gasteiger charge is 2.21. The molecule has 0 saturated heterocycles. The number of nitrogens with zero attached hydrogens (tertiary/aromatic N) is 6. The van der Waals surface area contributed by atoms with Crippen LogP contribution in [0.5, 0.6) is 0 Å². The minimum absolute atomic E-state index is 0.0538. The van der Waals surface area contributed by atoms with Gasteiger partial charge in [0, 0.05) is 68.5 Å². The second-order valence-electron chi connectivity index (χ2n) is 7.57. The molecule has 1 aliphatic heterocycles. The standard InChI is InChI=1S/C22H20N6O2/c1-14-9-19-23-6-3-20(29)28(19)25-22(14)27-8-5-18-17(13-27)10-16(12-24-18)15-4-7-26(2)21(30)11-15/h3-4,6-7,9-12H,5,8,13H2,1-2H3. The second-order valence-corrected chi connectivity index (χ2v) is 7.57. The zero-order chi connectivity index (χ0) is 20.8. The number of aromatic nitrogens is 5. The fourth-order valence-electron chi connectivity index (χ4n) is 3.85. The van der Waals surface area contributed by atoms with Crippen molar-refractivity contribution in [3.8, 4) is 11.1 Å². The van der Waals surface area contributed by atoms with E-state index in [1.165, 1.54) is 16.8 Å². The third-order valence-electron chi connectivity index (χ3n) is 5.52. The smallest absolute Gasteiger partial charge is 0.274 e. The molecule has 0 radical (unpaired) electrons. The Balaban J connectivity index is 1.53. The van der Waals surface area contributed by atoms with E-state index >= 15 is 0 Å². The van der Waals surface area contributed by atoms with Crippen molar-refractivity contribution in [2.45, 2.75) is 19.9 Å². The van der Waals surface area contributed by atoms with Crippen LogP contribution in [-0.4, -0.2) is 30.7 Å². The highest BCUT2D eigenvalue weighted by Crippen LogP contribution is 2.27. The van der Waals surface area contributed by atoms with Crippen LogP contribution in [0.2, 0.25) is 0 Å². The molecule has 1 aliphatic rings. The third-order valence-corrected chi connectivity index (χ3v) is 5.52. The van der Waals surface area contributed by atoms with E-state index in [0.29, 0.717) is 12.2 Å². The maximum Gasteiger partial charge on any atom is 0.274 e. The summed E-state index contributed by atoms with van der Waals surface area (Å²) in [5.74, 6) is 0.766. The van der Waals surface area contributed by atoms with E-state index in [1.807, 2.05) is 25.3 Å². The molecule has 5 heterocycles. The summed E-state index contributed by atoms with van der Waals surface area (Å²) < 4.78 is 2.88. The number of rotatable bonds is 2. The van der Waals surface area contributed by atoms with Crippen LogP contribution in [0.3, 0.4) is 0 Å². The molecule has 8 heteroatoms. The van der Waals surface area contributed by atoms with Crippen molar-refractivity contribution in [2.24, 2.45) is 7.05 Å². The summed E-state index contributed by atoms with van der Waals surface area (Å²) in [5, 5.41) is 4.58. The molecule has 150 valence electrons. The maximum atomic E-state index is 12.2. The Morgan fingerprint density at radius 1 is 1.00 bits per heavy atom. The Kier molecular flexibility index (Phi) is 4.20. The molecular weight excluding hydrogens is 380 g/mol. The highest BCUT2D eigenvalue weighted by atomic mass is 16.1. The van der Waals surface area contributed by atoms with Crippen LogP contribution >= 0.6 is 0 Å². The lowest BCUT2D eigenvalue weighted by atomic mass is 10.0. The Morgan fingerprint density at radius 2 is 1.87 bits per heavy atom. The van der Waals surface area contributed by atoms with Crippen molar-refractivity contribution < 1.29 is 0 Å². The second kappa shape index (κ2) is 6.91. The van der Waals surface area contributed by atoms with Crippen molar-refractivity contribution in [3.63, 3.8) is 0 Å². The number of anilines is 1. The summed E-state index contributed by atoms with van der Waals surface area (Å²) in [6, 6.07) is 8.92. The van der Waals surface area contributed by atoms with Gasteiger partial charge in [-0.05, 0) is 41.8 Å². The molecule has 4 aromatic heterocycles. The molecule has 0 amide bonds. The minimum atomic E-state index is -0.201. The van der Waals surface area contributed by atoms with Gasteiger partial charge in [0.25, 0.3) is 11.1 Å². The monoisotopic (exact) mass is 400 g/mol. The van der Waals surface area contributed by atoms with Gasteiger partial charge in [-0.15, -0.1) is 5.10 Å². The van der Waals surface area contributed by atoms with Crippen LogP contribution in [0, 0.1) is 6.92 Å². The van der Waals surface area contributed by atoms with Gasteiger partial charge in [-0.2, -0.15) is 4.52 Å². The minimum Gasteiger partial charge on any atom is -0.350 e. The third kappa shape index (κ3) is 3.06. The van der Waals surface area contributed by atoms with Gasteiger partial charge in [-0.1, -0.05) is 0 Å². The lowest BCUT2D eigenvalue weighted by molar-refractivity contribution is 0.685. The lowest BCUT2D eigenvalue weighted by Crippen LogP contribution is -2.33. The number of fused-ring (bicyclic) bond motifs is 2. The Hall–Kier alpha value is -3.81. The number of pyridine rings is 2. The summed E-state index contributed by atoms with van der Waals surface area (Å²) in [4.78, 5) is 35.2. The van der Waals surface area contributed by atoms with Gasteiger partial charge in [0.15, 0.2) is 11.5 Å². The number of hydrogen-bond donors (Lipinski definition) is 0. The quantitative estimate of drug-likeness (QED) is 0.509. The molecule has 0 spiro atoms. The molecule has 0 aliphatic carbocycles. The van der Waals surface area contributed by atoms with E-state index in [9.17, 15) is 9.59 Å². The molecule has 0 atom stereocenters. The summed E-state index contributed by atoms with van der Waals surface area (Å²) in [7, 11) is 1.73. The van der Waals surface area contributed by atoms with E-state index < -0.39 is 0 Å². The summed E-state index contributed by atoms with van der Waals surface area (Å²) >= 11 is 0. The molecule has 0 N–H and O–H groups in total. The molecule has 0 unspecified atom stereocenters. The van der Waals surface area contributed by atoms with E-state index in [0.717, 1.165) is 46.7 Å². The first-order valence-electron chi connectivity index (χ1n) is 9.75. The van der Waals surface area contributed by atoms with Gasteiger partial charge in [-0.3, -0.25) is 14.6 Å². The fraction of sp³-hybridized carbons (Fsp3) is 0.227. The zero-order valence-electron chi connectivity index (χ0n) is 16.7. The summed E-state index contributed by atoms with van der Waals surface area (Å²) in [5.41, 5.74) is 5.16. The molecule has 5 rings (SSSR count). The average molecular weight is 400 g/mol. The normalized spacial score (nSPS) is 13.5. The molecule has 8 nitrogen and oxygen atoms in total. The summed E-state index contributed by atoms with van der Waals surface area (Å²) in [6.45, 7) is 3.38. The molecule has 0 fully saturated rings. The predicted molar refractivity (Wildman–Crippen MR) is 114 cm³/mol. The Bertz CT molecular complexity index is 1410. The lowest BCUT2D eigenvalue weighted by Gasteiger charge is -2.30. The Morgan fingerprint density at radius 3 is 2.70 bits per heavy atom. The molecule has 0 saturated carbocycles. The van der Waals surface area contributed by atoms with Crippen LogP contribution in [-0.2, 0) is 20.0 Å². The van der Waals surface area contributed by atoms with Crippen LogP contribution in [0.4, 0.5) is 5.82 Å². The van der Waals surface area contributed by atoms with Gasteiger partial charge in [-0.25, -0.2) is 4.98 Å². The van der Waals surface area contributed by atoms with Crippen molar-refractivity contribution in [3.05, 3.63) is 86.5 Å². The fourth-order valence-corrected chi connectivity index (χ4v) is 3.85. The van der Waals surface area contributed by atoms with Crippen LogP contribution < -0.4 is 16.0 Å². The zero-order valence-corrected chi connectivity index (χ0v) is 16.7. The van der Waals surface area contributed by atoms with Gasteiger partial charge in [0.05, 0.1) is 0 Å². The SMILES string of the molecule is Cc1cc2nccc(=O)n2nc1N1CCc2ncc(-c3ccn(C)c(=O)c3)cc2C1. The molecule has 30 heavy (non-hydrogen) atoms. The largest absolute Gasteiger partial charge is 0.350 e. The van der Waals surface area contributed by atoms with Gasteiger partial charge in [0.1, 0.15) is 0 Å². The van der Waals surface area contributed by atoms with E-state index in [-0.39, 0.29) is 11.1 Å². The van der Waals surface area contributed by atoms with Crippen molar-refractivity contribution in [1.82, 2.24) is 24.1 Å². The number of aryl methyl sites for hydroxylation is 2. The van der Waals surface area contributed by atoms with E-state index in [4.69, 9.17) is 0 Å². The average Bonchev–Trinajstić information content (AvgIpc) is 2.75. The molecular formula is C22H20N6O2. The first kappa shape index (κ1) is 18.2. The van der Waals surface area contributed by atoms with E-state index in [1.54, 1.807) is 23.9 Å². The highest BCUT2D eigenvalue weighted by molar-refractivity contribution is 5.63. The van der Waals surface area contributed by atoms with Crippen molar-refractivity contribution >= 4 is 11.5 Å². The van der Waals surface area contributed by atoms with Crippen molar-refractivity contribution in [2.75, 3.05) is 11.4 Å². The van der Waals surface area contributed by atoms with Gasteiger partial charge in [0.2, 0.25) is 0 Å². The van der Waals surface area contributed by atoms with E-state index in [2.05, 4.69) is 26.0 Å². The first-order chi connectivity index (χ1) is 14.5. The van der Waals surface area contributed by atoms with Crippen LogP contribution in [0.1, 0.15) is 16.8 Å². The molecule has 4 aromatic rings. The maximum absolute atomic E-state index is 12.2. The van der Waals surface area contributed by atoms with Gasteiger partial charge < -0.3 is 9.47 Å². The van der Waals surface area contributed by atoms with Crippen LogP contribution in [0.25, 0.3) is 16.8 Å². The van der Waals surface area contributed by atoms with Crippen molar-refractivity contribution in [1.29, 1.82) is 0 Å². The molecule has 0 aromatic carbocycles. The summed E-state index contributed by atoms with van der Waals surface area (Å²) in [6.07, 6.45) is 5.87.